The molecule has 0 aromatic carbocycles. The van der Waals surface area contributed by atoms with Crippen LogP contribution in [0, 0.1) is 5.92 Å². The number of carbonyl (C=O) groups excluding carboxylic acids is 3. The Bertz CT molecular complexity index is 466. The van der Waals surface area contributed by atoms with E-state index in [1.165, 1.54) is 0 Å². The molecule has 0 radical (unpaired) electrons. The lowest BCUT2D eigenvalue weighted by atomic mass is 9.94. The second kappa shape index (κ2) is 7.85. The summed E-state index contributed by atoms with van der Waals surface area (Å²) in [5, 5.41) is 0. The number of esters is 1. The zero-order valence-electron chi connectivity index (χ0n) is 15.5. The Morgan fingerprint density at radius 1 is 0.917 bits per heavy atom. The first-order chi connectivity index (χ1) is 10.9. The van der Waals surface area contributed by atoms with Crippen molar-refractivity contribution < 1.29 is 28.6 Å². The van der Waals surface area contributed by atoms with E-state index in [2.05, 4.69) is 4.74 Å². The molecule has 1 heterocycles. The molecule has 0 saturated carbocycles. The number of nitrogens with zero attached hydrogens (tertiary/aromatic N) is 1. The van der Waals surface area contributed by atoms with Crippen LogP contribution in [0.4, 0.5) is 9.59 Å². The molecule has 1 saturated heterocycles. The second-order valence-electron chi connectivity index (χ2n) is 8.05. The van der Waals surface area contributed by atoms with E-state index >= 15 is 0 Å². The van der Waals surface area contributed by atoms with Crippen LogP contribution in [0.2, 0.25) is 0 Å². The van der Waals surface area contributed by atoms with Crippen LogP contribution in [0.15, 0.2) is 0 Å². The predicted molar refractivity (Wildman–Crippen MR) is 87.5 cm³/mol. The molecule has 0 spiro atoms. The lowest BCUT2D eigenvalue weighted by molar-refractivity contribution is -0.142. The van der Waals surface area contributed by atoms with E-state index in [9.17, 15) is 14.4 Å². The summed E-state index contributed by atoms with van der Waals surface area (Å²) in [5.41, 5.74) is -1.22. The summed E-state index contributed by atoms with van der Waals surface area (Å²) in [4.78, 5) is 36.8. The SMILES string of the molecule is CC(C)(C)OC(=O)OC(=O)CC1CCN(C(=O)OC(C)(C)C)CC1. The molecule has 1 amide bonds. The van der Waals surface area contributed by atoms with Gasteiger partial charge in [-0.05, 0) is 60.3 Å². The van der Waals surface area contributed by atoms with Gasteiger partial charge in [-0.1, -0.05) is 0 Å². The van der Waals surface area contributed by atoms with Gasteiger partial charge in [0.25, 0.3) is 0 Å². The molecule has 0 aromatic heterocycles. The number of likely N-dealkylation sites (tertiary alicyclic amines) is 1. The van der Waals surface area contributed by atoms with E-state index in [1.54, 1.807) is 25.7 Å². The molecule has 1 aliphatic rings. The molecule has 0 atom stereocenters. The standard InChI is InChI=1S/C17H29NO6/c1-16(2,3)23-14(20)18-9-7-12(8-10-18)11-13(19)22-15(21)24-17(4,5)6/h12H,7-11H2,1-6H3. The number of hydrogen-bond acceptors (Lipinski definition) is 6. The van der Waals surface area contributed by atoms with Gasteiger partial charge >= 0.3 is 18.2 Å². The lowest BCUT2D eigenvalue weighted by Crippen LogP contribution is -2.42. The van der Waals surface area contributed by atoms with Gasteiger partial charge in [-0.3, -0.25) is 4.79 Å². The number of amides is 1. The Balaban J connectivity index is 2.34. The highest BCUT2D eigenvalue weighted by molar-refractivity contribution is 5.82. The highest BCUT2D eigenvalue weighted by atomic mass is 16.7. The highest BCUT2D eigenvalue weighted by Gasteiger charge is 2.29. The Hall–Kier alpha value is -1.79. The number of rotatable bonds is 2. The van der Waals surface area contributed by atoms with Crippen molar-refractivity contribution in [3.05, 3.63) is 0 Å². The van der Waals surface area contributed by atoms with Gasteiger partial charge in [0.05, 0.1) is 0 Å². The molecule has 7 nitrogen and oxygen atoms in total. The molecular formula is C17H29NO6. The van der Waals surface area contributed by atoms with Crippen LogP contribution in [0.3, 0.4) is 0 Å². The van der Waals surface area contributed by atoms with E-state index < -0.39 is 23.3 Å². The maximum absolute atomic E-state index is 12.0. The minimum Gasteiger partial charge on any atom is -0.444 e. The van der Waals surface area contributed by atoms with E-state index in [0.717, 1.165) is 0 Å². The smallest absolute Gasteiger partial charge is 0.444 e. The van der Waals surface area contributed by atoms with E-state index in [4.69, 9.17) is 9.47 Å². The van der Waals surface area contributed by atoms with E-state index in [1.807, 2.05) is 20.8 Å². The van der Waals surface area contributed by atoms with Crippen molar-refractivity contribution in [1.82, 2.24) is 4.90 Å². The topological polar surface area (TPSA) is 82.1 Å². The van der Waals surface area contributed by atoms with E-state index in [-0.39, 0.29) is 18.4 Å². The Morgan fingerprint density at radius 2 is 1.42 bits per heavy atom. The Labute approximate surface area is 143 Å². The van der Waals surface area contributed by atoms with Crippen LogP contribution < -0.4 is 0 Å². The molecule has 0 N–H and O–H groups in total. The van der Waals surface area contributed by atoms with Gasteiger partial charge in [0.15, 0.2) is 0 Å². The van der Waals surface area contributed by atoms with Gasteiger partial charge in [-0.2, -0.15) is 0 Å². The maximum Gasteiger partial charge on any atom is 0.516 e. The van der Waals surface area contributed by atoms with Crippen molar-refractivity contribution in [3.8, 4) is 0 Å². The van der Waals surface area contributed by atoms with Crippen LogP contribution in [-0.4, -0.2) is 47.4 Å². The highest BCUT2D eigenvalue weighted by Crippen LogP contribution is 2.23. The third kappa shape index (κ3) is 8.17. The summed E-state index contributed by atoms with van der Waals surface area (Å²) >= 11 is 0. The third-order valence-corrected chi connectivity index (χ3v) is 3.31. The fraction of sp³-hybridized carbons (Fsp3) is 0.824. The fourth-order valence-corrected chi connectivity index (χ4v) is 2.29. The number of ether oxygens (including phenoxy) is 3. The Morgan fingerprint density at radius 3 is 1.88 bits per heavy atom. The fourth-order valence-electron chi connectivity index (χ4n) is 2.29. The van der Waals surface area contributed by atoms with Gasteiger partial charge in [0.2, 0.25) is 0 Å². The van der Waals surface area contributed by atoms with Crippen molar-refractivity contribution in [1.29, 1.82) is 0 Å². The zero-order chi connectivity index (χ0) is 18.5. The minimum atomic E-state index is -0.973. The Kier molecular flexibility index (Phi) is 6.63. The first kappa shape index (κ1) is 20.3. The van der Waals surface area contributed by atoms with Crippen molar-refractivity contribution in [2.45, 2.75) is 72.0 Å². The number of carbonyl (C=O) groups is 3. The van der Waals surface area contributed by atoms with E-state index in [0.29, 0.717) is 25.9 Å². The minimum absolute atomic E-state index is 0.0821. The monoisotopic (exact) mass is 343 g/mol. The number of piperidine rings is 1. The molecule has 1 fully saturated rings. The third-order valence-electron chi connectivity index (χ3n) is 3.31. The number of hydrogen-bond donors (Lipinski definition) is 0. The average molecular weight is 343 g/mol. The normalized spacial score (nSPS) is 16.5. The summed E-state index contributed by atoms with van der Waals surface area (Å²) in [6.07, 6.45) is 0.170. The predicted octanol–water partition coefficient (Wildman–Crippen LogP) is 3.50. The zero-order valence-corrected chi connectivity index (χ0v) is 15.5. The summed E-state index contributed by atoms with van der Waals surface area (Å²) < 4.78 is 14.9. The second-order valence-corrected chi connectivity index (χ2v) is 8.05. The summed E-state index contributed by atoms with van der Waals surface area (Å²) in [6, 6.07) is 0. The summed E-state index contributed by atoms with van der Waals surface area (Å²) in [5.74, 6) is -0.515. The molecule has 0 aromatic rings. The van der Waals surface area contributed by atoms with Crippen LogP contribution in [0.25, 0.3) is 0 Å². The van der Waals surface area contributed by atoms with Gasteiger partial charge in [0, 0.05) is 19.5 Å². The average Bonchev–Trinajstić information content (AvgIpc) is 2.34. The van der Waals surface area contributed by atoms with Crippen LogP contribution >= 0.6 is 0 Å². The van der Waals surface area contributed by atoms with Crippen LogP contribution in [0.1, 0.15) is 60.8 Å². The molecule has 1 rings (SSSR count). The molecule has 1 aliphatic heterocycles. The van der Waals surface area contributed by atoms with Crippen LogP contribution in [-0.2, 0) is 19.0 Å². The quantitative estimate of drug-likeness (QED) is 0.564. The molecular weight excluding hydrogens is 314 g/mol. The van der Waals surface area contributed by atoms with Crippen molar-refractivity contribution in [2.75, 3.05) is 13.1 Å². The lowest BCUT2D eigenvalue weighted by Gasteiger charge is -2.33. The van der Waals surface area contributed by atoms with Gasteiger partial charge in [-0.15, -0.1) is 0 Å². The first-order valence-corrected chi connectivity index (χ1v) is 8.27. The van der Waals surface area contributed by atoms with Crippen LogP contribution in [0.5, 0.6) is 0 Å². The molecule has 24 heavy (non-hydrogen) atoms. The van der Waals surface area contributed by atoms with Crippen molar-refractivity contribution in [2.24, 2.45) is 5.92 Å². The van der Waals surface area contributed by atoms with Gasteiger partial charge in [-0.25, -0.2) is 9.59 Å². The molecule has 0 bridgehead atoms. The molecule has 138 valence electrons. The van der Waals surface area contributed by atoms with Gasteiger partial charge < -0.3 is 19.1 Å². The maximum atomic E-state index is 12.0. The molecule has 0 unspecified atom stereocenters. The molecule has 7 heteroatoms. The van der Waals surface area contributed by atoms with Crippen molar-refractivity contribution >= 4 is 18.2 Å². The van der Waals surface area contributed by atoms with Crippen molar-refractivity contribution in [3.63, 3.8) is 0 Å². The molecule has 0 aliphatic carbocycles. The largest absolute Gasteiger partial charge is 0.516 e. The first-order valence-electron chi connectivity index (χ1n) is 8.27. The summed E-state index contributed by atoms with van der Waals surface area (Å²) in [6.45, 7) is 11.6. The summed E-state index contributed by atoms with van der Waals surface area (Å²) in [7, 11) is 0. The van der Waals surface area contributed by atoms with Gasteiger partial charge in [0.1, 0.15) is 11.2 Å².